The van der Waals surface area contributed by atoms with Gasteiger partial charge in [-0.2, -0.15) is 0 Å². The SMILES string of the molecule is CCC(CC)C(C)(C)COC=O. The smallest absolute Gasteiger partial charge is 0.293 e. The Hall–Kier alpha value is -0.530. The van der Waals surface area contributed by atoms with Gasteiger partial charge >= 0.3 is 0 Å². The third kappa shape index (κ3) is 3.24. The predicted octanol–water partition coefficient (Wildman–Crippen LogP) is 2.62. The molecular formula is C10H20O2. The minimum absolute atomic E-state index is 0.115. The lowest BCUT2D eigenvalue weighted by molar-refractivity contribution is -0.132. The van der Waals surface area contributed by atoms with Gasteiger partial charge in [0.15, 0.2) is 0 Å². The highest BCUT2D eigenvalue weighted by Gasteiger charge is 2.27. The molecule has 0 aromatic carbocycles. The van der Waals surface area contributed by atoms with Gasteiger partial charge in [0.2, 0.25) is 0 Å². The Bertz CT molecular complexity index is 126. The van der Waals surface area contributed by atoms with Crippen LogP contribution in [0, 0.1) is 11.3 Å². The molecule has 0 aliphatic rings. The van der Waals surface area contributed by atoms with Crippen LogP contribution in [0.15, 0.2) is 0 Å². The van der Waals surface area contributed by atoms with Crippen LogP contribution in [0.2, 0.25) is 0 Å². The molecule has 2 heteroatoms. The number of ether oxygens (including phenoxy) is 1. The van der Waals surface area contributed by atoms with E-state index in [-0.39, 0.29) is 5.41 Å². The van der Waals surface area contributed by atoms with Crippen molar-refractivity contribution in [2.45, 2.75) is 40.5 Å². The van der Waals surface area contributed by atoms with Crippen LogP contribution in [-0.2, 0) is 9.53 Å². The molecule has 0 unspecified atom stereocenters. The van der Waals surface area contributed by atoms with Crippen LogP contribution in [0.1, 0.15) is 40.5 Å². The lowest BCUT2D eigenvalue weighted by atomic mass is 9.76. The van der Waals surface area contributed by atoms with E-state index in [4.69, 9.17) is 4.74 Å². The highest BCUT2D eigenvalue weighted by atomic mass is 16.5. The summed E-state index contributed by atoms with van der Waals surface area (Å²) in [5.41, 5.74) is 0.115. The Morgan fingerprint density at radius 1 is 1.33 bits per heavy atom. The zero-order chi connectivity index (χ0) is 9.61. The van der Waals surface area contributed by atoms with E-state index in [0.717, 1.165) is 12.8 Å². The third-order valence-corrected chi connectivity index (χ3v) is 2.61. The van der Waals surface area contributed by atoms with Gasteiger partial charge in [-0.25, -0.2) is 0 Å². The highest BCUT2D eigenvalue weighted by Crippen LogP contribution is 2.31. The van der Waals surface area contributed by atoms with Gasteiger partial charge in [0, 0.05) is 5.41 Å². The first kappa shape index (κ1) is 11.5. The van der Waals surface area contributed by atoms with Gasteiger partial charge in [-0.05, 0) is 5.92 Å². The Labute approximate surface area is 75.3 Å². The maximum absolute atomic E-state index is 10.0. The molecule has 0 aliphatic carbocycles. The van der Waals surface area contributed by atoms with Gasteiger partial charge < -0.3 is 4.74 Å². The summed E-state index contributed by atoms with van der Waals surface area (Å²) in [5.74, 6) is 0.637. The summed E-state index contributed by atoms with van der Waals surface area (Å²) in [6, 6.07) is 0. The van der Waals surface area contributed by atoms with Crippen molar-refractivity contribution in [1.29, 1.82) is 0 Å². The zero-order valence-electron chi connectivity index (χ0n) is 8.59. The molecule has 2 nitrogen and oxygen atoms in total. The monoisotopic (exact) mass is 172 g/mol. The number of hydrogen-bond acceptors (Lipinski definition) is 2. The number of rotatable bonds is 6. The minimum atomic E-state index is 0.115. The van der Waals surface area contributed by atoms with Crippen LogP contribution < -0.4 is 0 Å². The Balaban J connectivity index is 4.04. The predicted molar refractivity (Wildman–Crippen MR) is 49.9 cm³/mol. The summed E-state index contributed by atoms with van der Waals surface area (Å²) < 4.78 is 4.80. The van der Waals surface area contributed by atoms with E-state index in [1.165, 1.54) is 0 Å². The molecule has 0 atom stereocenters. The summed E-state index contributed by atoms with van der Waals surface area (Å²) >= 11 is 0. The first-order valence-corrected chi connectivity index (χ1v) is 4.63. The molecule has 0 heterocycles. The van der Waals surface area contributed by atoms with E-state index in [1.807, 2.05) is 0 Å². The maximum atomic E-state index is 10.0. The lowest BCUT2D eigenvalue weighted by Crippen LogP contribution is -2.28. The van der Waals surface area contributed by atoms with Crippen molar-refractivity contribution in [3.8, 4) is 0 Å². The summed E-state index contributed by atoms with van der Waals surface area (Å²) in [7, 11) is 0. The third-order valence-electron chi connectivity index (χ3n) is 2.61. The second kappa shape index (κ2) is 5.18. The number of carbonyl (C=O) groups is 1. The van der Waals surface area contributed by atoms with E-state index in [2.05, 4.69) is 27.7 Å². The van der Waals surface area contributed by atoms with Gasteiger partial charge in [0.05, 0.1) is 6.61 Å². The molecule has 0 saturated carbocycles. The molecule has 0 bridgehead atoms. The molecule has 0 spiro atoms. The molecule has 72 valence electrons. The van der Waals surface area contributed by atoms with Crippen molar-refractivity contribution in [2.75, 3.05) is 6.61 Å². The minimum Gasteiger partial charge on any atom is -0.467 e. The fourth-order valence-corrected chi connectivity index (χ4v) is 1.76. The summed E-state index contributed by atoms with van der Waals surface area (Å²) in [6.07, 6.45) is 2.29. The topological polar surface area (TPSA) is 26.3 Å². The largest absolute Gasteiger partial charge is 0.467 e. The lowest BCUT2D eigenvalue weighted by Gasteiger charge is -2.31. The van der Waals surface area contributed by atoms with E-state index in [9.17, 15) is 4.79 Å². The van der Waals surface area contributed by atoms with Gasteiger partial charge in [-0.15, -0.1) is 0 Å². The molecule has 0 aromatic heterocycles. The second-order valence-corrected chi connectivity index (χ2v) is 3.91. The van der Waals surface area contributed by atoms with Crippen LogP contribution >= 0.6 is 0 Å². The molecule has 0 amide bonds. The standard InChI is InChI=1S/C10H20O2/c1-5-9(6-2)10(3,4)7-12-8-11/h8-9H,5-7H2,1-4H3. The average Bonchev–Trinajstić information content (AvgIpc) is 2.03. The van der Waals surface area contributed by atoms with Crippen LogP contribution in [0.5, 0.6) is 0 Å². The summed E-state index contributed by atoms with van der Waals surface area (Å²) in [4.78, 5) is 10.0. The van der Waals surface area contributed by atoms with Crippen LogP contribution in [0.4, 0.5) is 0 Å². The number of carbonyl (C=O) groups excluding carboxylic acids is 1. The van der Waals surface area contributed by atoms with E-state index < -0.39 is 0 Å². The average molecular weight is 172 g/mol. The van der Waals surface area contributed by atoms with Crippen LogP contribution in [-0.4, -0.2) is 13.1 Å². The van der Waals surface area contributed by atoms with Gasteiger partial charge in [0.1, 0.15) is 0 Å². The quantitative estimate of drug-likeness (QED) is 0.576. The van der Waals surface area contributed by atoms with E-state index in [0.29, 0.717) is 19.0 Å². The molecule has 0 fully saturated rings. The maximum Gasteiger partial charge on any atom is 0.293 e. The molecule has 0 radical (unpaired) electrons. The molecule has 0 rings (SSSR count). The molecule has 0 saturated heterocycles. The zero-order valence-corrected chi connectivity index (χ0v) is 8.59. The Morgan fingerprint density at radius 3 is 2.17 bits per heavy atom. The normalized spacial score (nSPS) is 11.8. The van der Waals surface area contributed by atoms with Gasteiger partial charge in [0.25, 0.3) is 6.47 Å². The van der Waals surface area contributed by atoms with Gasteiger partial charge in [-0.3, -0.25) is 4.79 Å². The fourth-order valence-electron chi connectivity index (χ4n) is 1.76. The molecule has 0 aromatic rings. The summed E-state index contributed by atoms with van der Waals surface area (Å²) in [6.45, 7) is 9.71. The van der Waals surface area contributed by atoms with Crippen LogP contribution in [0.3, 0.4) is 0 Å². The van der Waals surface area contributed by atoms with Crippen molar-refractivity contribution >= 4 is 6.47 Å². The Kier molecular flexibility index (Phi) is 4.95. The molecule has 0 N–H and O–H groups in total. The highest BCUT2D eigenvalue weighted by molar-refractivity contribution is 5.36. The Morgan fingerprint density at radius 2 is 1.83 bits per heavy atom. The van der Waals surface area contributed by atoms with Crippen molar-refractivity contribution < 1.29 is 9.53 Å². The van der Waals surface area contributed by atoms with Crippen molar-refractivity contribution in [2.24, 2.45) is 11.3 Å². The molecular weight excluding hydrogens is 152 g/mol. The van der Waals surface area contributed by atoms with Crippen molar-refractivity contribution in [3.05, 3.63) is 0 Å². The van der Waals surface area contributed by atoms with E-state index in [1.54, 1.807) is 0 Å². The van der Waals surface area contributed by atoms with Crippen molar-refractivity contribution in [1.82, 2.24) is 0 Å². The number of hydrogen-bond donors (Lipinski definition) is 0. The first-order chi connectivity index (χ1) is 5.58. The summed E-state index contributed by atoms with van der Waals surface area (Å²) in [5, 5.41) is 0. The van der Waals surface area contributed by atoms with Crippen molar-refractivity contribution in [3.63, 3.8) is 0 Å². The fraction of sp³-hybridized carbons (Fsp3) is 0.900. The van der Waals surface area contributed by atoms with E-state index >= 15 is 0 Å². The molecule has 0 aliphatic heterocycles. The second-order valence-electron chi connectivity index (χ2n) is 3.91. The van der Waals surface area contributed by atoms with Gasteiger partial charge in [-0.1, -0.05) is 40.5 Å². The first-order valence-electron chi connectivity index (χ1n) is 4.63. The van der Waals surface area contributed by atoms with Crippen LogP contribution in [0.25, 0.3) is 0 Å². The molecule has 12 heavy (non-hydrogen) atoms.